The van der Waals surface area contributed by atoms with Gasteiger partial charge in [-0.25, -0.2) is 4.39 Å². The fourth-order valence-electron chi connectivity index (χ4n) is 1.09. The lowest BCUT2D eigenvalue weighted by atomic mass is 10.2. The van der Waals surface area contributed by atoms with E-state index in [9.17, 15) is 4.39 Å². The van der Waals surface area contributed by atoms with Gasteiger partial charge in [0, 0.05) is 4.47 Å². The highest BCUT2D eigenvalue weighted by molar-refractivity contribution is 9.11. The number of hydrogen-bond donors (Lipinski definition) is 1. The Hall–Kier alpha value is -1.59. The van der Waals surface area contributed by atoms with Crippen LogP contribution in [0.3, 0.4) is 0 Å². The molecule has 0 heterocycles. The van der Waals surface area contributed by atoms with E-state index in [1.165, 1.54) is 6.07 Å². The lowest BCUT2D eigenvalue weighted by molar-refractivity contribution is 0.622. The van der Waals surface area contributed by atoms with E-state index in [-0.39, 0.29) is 20.9 Å². The van der Waals surface area contributed by atoms with Crippen LogP contribution in [0.4, 0.5) is 10.1 Å². The molecular weight excluding hydrogens is 402 g/mol. The zero-order valence-electron chi connectivity index (χ0n) is 8.93. The van der Waals surface area contributed by atoms with Gasteiger partial charge in [0.2, 0.25) is 0 Å². The molecule has 0 aromatic heterocycles. The summed E-state index contributed by atoms with van der Waals surface area (Å²) in [6, 6.07) is 6.10. The summed E-state index contributed by atoms with van der Waals surface area (Å²) >= 11 is 11.8. The molecule has 0 amide bonds. The lowest BCUT2D eigenvalue weighted by Gasteiger charge is -2.11. The van der Waals surface area contributed by atoms with Crippen molar-refractivity contribution in [1.29, 1.82) is 15.8 Å². The standard InChI is InChI=1S/C11H2Br2ClFN4/c12-6-1-7(14)10(15)9(13)11(6)19-8(4-18)5(2-16)3-17/h1,19H. The van der Waals surface area contributed by atoms with Crippen LogP contribution < -0.4 is 5.32 Å². The molecule has 0 saturated heterocycles. The van der Waals surface area contributed by atoms with Crippen molar-refractivity contribution in [2.45, 2.75) is 0 Å². The molecule has 0 aliphatic rings. The molecule has 4 nitrogen and oxygen atoms in total. The summed E-state index contributed by atoms with van der Waals surface area (Å²) in [6.07, 6.45) is 0. The molecule has 8 heteroatoms. The predicted molar refractivity (Wildman–Crippen MR) is 74.3 cm³/mol. The second-order valence-electron chi connectivity index (χ2n) is 3.05. The summed E-state index contributed by atoms with van der Waals surface area (Å²) in [6.45, 7) is 0. The Bertz CT molecular complexity index is 679. The highest BCUT2D eigenvalue weighted by Crippen LogP contribution is 2.38. The summed E-state index contributed by atoms with van der Waals surface area (Å²) < 4.78 is 14.0. The number of nitrogens with one attached hydrogen (secondary N) is 1. The lowest BCUT2D eigenvalue weighted by Crippen LogP contribution is -2.03. The number of hydrogen-bond acceptors (Lipinski definition) is 4. The van der Waals surface area contributed by atoms with Crippen molar-refractivity contribution in [3.63, 3.8) is 0 Å². The molecule has 0 aliphatic carbocycles. The van der Waals surface area contributed by atoms with Gasteiger partial charge in [0.25, 0.3) is 0 Å². The SMILES string of the molecule is N#CC(C#N)=C(C#N)Nc1c(Br)cc(Cl)c(F)c1Br. The third-order valence-corrected chi connectivity index (χ3v) is 3.59. The first-order valence-electron chi connectivity index (χ1n) is 4.50. The molecular formula is C11H2Br2ClFN4. The molecule has 1 rings (SSSR count). The summed E-state index contributed by atoms with van der Waals surface area (Å²) in [5.74, 6) is -0.722. The van der Waals surface area contributed by atoms with Crippen LogP contribution in [0.5, 0.6) is 0 Å². The summed E-state index contributed by atoms with van der Waals surface area (Å²) in [7, 11) is 0. The monoisotopic (exact) mass is 402 g/mol. The number of allylic oxidation sites excluding steroid dienone is 2. The molecule has 0 aliphatic heterocycles. The van der Waals surface area contributed by atoms with Crippen LogP contribution >= 0.6 is 43.5 Å². The Labute approximate surface area is 129 Å². The minimum Gasteiger partial charge on any atom is -0.343 e. The number of nitriles is 3. The predicted octanol–water partition coefficient (Wildman–Crippen LogP) is 4.24. The van der Waals surface area contributed by atoms with Gasteiger partial charge in [0.05, 0.1) is 15.2 Å². The topological polar surface area (TPSA) is 83.4 Å². The quantitative estimate of drug-likeness (QED) is 0.454. The number of rotatable bonds is 2. The minimum absolute atomic E-state index is 0.0187. The third-order valence-electron chi connectivity index (χ3n) is 1.95. The van der Waals surface area contributed by atoms with Crippen LogP contribution in [0.15, 0.2) is 26.3 Å². The van der Waals surface area contributed by atoms with E-state index in [2.05, 4.69) is 37.2 Å². The summed E-state index contributed by atoms with van der Waals surface area (Å²) in [5.41, 5.74) is -0.536. The molecule has 0 unspecified atom stereocenters. The maximum Gasteiger partial charge on any atom is 0.163 e. The normalized spacial score (nSPS) is 8.89. The number of halogens is 4. The van der Waals surface area contributed by atoms with Gasteiger partial charge < -0.3 is 5.32 Å². The largest absolute Gasteiger partial charge is 0.343 e. The van der Waals surface area contributed by atoms with E-state index in [1.807, 2.05) is 0 Å². The molecule has 0 radical (unpaired) electrons. The maximum absolute atomic E-state index is 13.6. The third kappa shape index (κ3) is 3.24. The Morgan fingerprint density at radius 1 is 1.21 bits per heavy atom. The number of anilines is 1. The molecule has 0 bridgehead atoms. The molecule has 0 atom stereocenters. The fraction of sp³-hybridized carbons (Fsp3) is 0. The van der Waals surface area contributed by atoms with E-state index in [0.717, 1.165) is 0 Å². The van der Waals surface area contributed by atoms with E-state index >= 15 is 0 Å². The van der Waals surface area contributed by atoms with Gasteiger partial charge in [-0.2, -0.15) is 15.8 Å². The maximum atomic E-state index is 13.6. The van der Waals surface area contributed by atoms with Crippen molar-refractivity contribution in [3.05, 3.63) is 37.1 Å². The van der Waals surface area contributed by atoms with E-state index in [1.54, 1.807) is 18.2 Å². The Morgan fingerprint density at radius 2 is 1.79 bits per heavy atom. The van der Waals surface area contributed by atoms with Crippen LogP contribution in [-0.2, 0) is 0 Å². The average Bonchev–Trinajstić information content (AvgIpc) is 2.40. The molecule has 1 N–H and O–H groups in total. The van der Waals surface area contributed by atoms with Crippen LogP contribution in [-0.4, -0.2) is 0 Å². The van der Waals surface area contributed by atoms with Gasteiger partial charge in [-0.15, -0.1) is 0 Å². The minimum atomic E-state index is -0.722. The van der Waals surface area contributed by atoms with Gasteiger partial charge in [0.1, 0.15) is 23.9 Å². The number of nitrogens with zero attached hydrogens (tertiary/aromatic N) is 3. The van der Waals surface area contributed by atoms with Crippen LogP contribution in [0.1, 0.15) is 0 Å². The Balaban J connectivity index is 3.41. The van der Waals surface area contributed by atoms with Crippen LogP contribution in [0, 0.1) is 39.8 Å². The summed E-state index contributed by atoms with van der Waals surface area (Å²) in [5, 5.41) is 28.7. The summed E-state index contributed by atoms with van der Waals surface area (Å²) in [4.78, 5) is 0. The van der Waals surface area contributed by atoms with Crippen LogP contribution in [0.25, 0.3) is 0 Å². The highest BCUT2D eigenvalue weighted by atomic mass is 79.9. The average molecular weight is 404 g/mol. The molecule has 0 spiro atoms. The van der Waals surface area contributed by atoms with Crippen molar-refractivity contribution >= 4 is 49.1 Å². The number of benzene rings is 1. The molecule has 1 aromatic rings. The zero-order chi connectivity index (χ0) is 14.6. The second-order valence-corrected chi connectivity index (χ2v) is 5.11. The van der Waals surface area contributed by atoms with E-state index < -0.39 is 11.4 Å². The van der Waals surface area contributed by atoms with Gasteiger partial charge in [0.15, 0.2) is 11.4 Å². The molecule has 94 valence electrons. The van der Waals surface area contributed by atoms with Crippen molar-refractivity contribution < 1.29 is 4.39 Å². The van der Waals surface area contributed by atoms with E-state index in [0.29, 0.717) is 4.47 Å². The Morgan fingerprint density at radius 3 is 2.26 bits per heavy atom. The van der Waals surface area contributed by atoms with Gasteiger partial charge in [-0.1, -0.05) is 11.6 Å². The van der Waals surface area contributed by atoms with Crippen molar-refractivity contribution in [2.75, 3.05) is 5.32 Å². The molecule has 0 fully saturated rings. The zero-order valence-corrected chi connectivity index (χ0v) is 12.9. The van der Waals surface area contributed by atoms with Gasteiger partial charge in [-0.05, 0) is 37.9 Å². The Kier molecular flexibility index (Phi) is 5.32. The van der Waals surface area contributed by atoms with Gasteiger partial charge in [-0.3, -0.25) is 0 Å². The highest BCUT2D eigenvalue weighted by Gasteiger charge is 2.16. The van der Waals surface area contributed by atoms with E-state index in [4.69, 9.17) is 27.4 Å². The van der Waals surface area contributed by atoms with Crippen molar-refractivity contribution in [1.82, 2.24) is 0 Å². The molecule has 1 aromatic carbocycles. The molecule has 19 heavy (non-hydrogen) atoms. The first-order chi connectivity index (χ1) is 8.96. The van der Waals surface area contributed by atoms with Crippen LogP contribution in [0.2, 0.25) is 5.02 Å². The van der Waals surface area contributed by atoms with Crippen molar-refractivity contribution in [2.24, 2.45) is 0 Å². The first kappa shape index (κ1) is 15.5. The first-order valence-corrected chi connectivity index (χ1v) is 6.47. The molecule has 0 saturated carbocycles. The smallest absolute Gasteiger partial charge is 0.163 e. The second kappa shape index (κ2) is 6.54. The fourth-order valence-corrected chi connectivity index (χ4v) is 2.86. The van der Waals surface area contributed by atoms with Crippen molar-refractivity contribution in [3.8, 4) is 18.2 Å². The van der Waals surface area contributed by atoms with Gasteiger partial charge >= 0.3 is 0 Å².